The van der Waals surface area contributed by atoms with Crippen LogP contribution in [-0.4, -0.2) is 0 Å². The van der Waals surface area contributed by atoms with Gasteiger partial charge in [0.25, 0.3) is 0 Å². The molecule has 1 saturated carbocycles. The van der Waals surface area contributed by atoms with Crippen molar-refractivity contribution in [2.75, 3.05) is 0 Å². The van der Waals surface area contributed by atoms with E-state index in [0.717, 1.165) is 5.92 Å². The van der Waals surface area contributed by atoms with E-state index in [2.05, 4.69) is 52.8 Å². The molecule has 20 heavy (non-hydrogen) atoms. The summed E-state index contributed by atoms with van der Waals surface area (Å²) in [6.45, 7) is 11.5. The van der Waals surface area contributed by atoms with E-state index in [-0.39, 0.29) is 6.04 Å². The molecular weight excluding hydrogens is 242 g/mol. The van der Waals surface area contributed by atoms with Gasteiger partial charge in [0.1, 0.15) is 0 Å². The van der Waals surface area contributed by atoms with Gasteiger partial charge in [0.2, 0.25) is 0 Å². The van der Waals surface area contributed by atoms with Crippen LogP contribution in [0.4, 0.5) is 0 Å². The fourth-order valence-corrected chi connectivity index (χ4v) is 3.59. The maximum absolute atomic E-state index is 6.54. The highest BCUT2D eigenvalue weighted by atomic mass is 14.7. The van der Waals surface area contributed by atoms with E-state index in [0.29, 0.717) is 11.3 Å². The van der Waals surface area contributed by atoms with Crippen molar-refractivity contribution in [1.82, 2.24) is 0 Å². The van der Waals surface area contributed by atoms with Crippen LogP contribution in [0.2, 0.25) is 0 Å². The second-order valence-corrected chi connectivity index (χ2v) is 7.85. The average Bonchev–Trinajstić information content (AvgIpc) is 2.40. The van der Waals surface area contributed by atoms with Gasteiger partial charge in [-0.3, -0.25) is 0 Å². The largest absolute Gasteiger partial charge is 0.324 e. The smallest absolute Gasteiger partial charge is 0.0323 e. The van der Waals surface area contributed by atoms with E-state index in [1.807, 2.05) is 0 Å². The van der Waals surface area contributed by atoms with Crippen LogP contribution in [0.25, 0.3) is 0 Å². The summed E-state index contributed by atoms with van der Waals surface area (Å²) in [5.41, 5.74) is 11.0. The topological polar surface area (TPSA) is 26.0 Å². The summed E-state index contributed by atoms with van der Waals surface area (Å²) in [4.78, 5) is 0. The van der Waals surface area contributed by atoms with Crippen molar-refractivity contribution >= 4 is 0 Å². The van der Waals surface area contributed by atoms with Crippen molar-refractivity contribution in [2.45, 2.75) is 66.3 Å². The SMILES string of the molecule is Cc1ccc(C(N)C2CCC(C(C)(C)C)CC2)cc1C. The Bertz CT molecular complexity index is 447. The molecular formula is C19H31N. The van der Waals surface area contributed by atoms with Crippen LogP contribution in [-0.2, 0) is 0 Å². The second-order valence-electron chi connectivity index (χ2n) is 7.85. The summed E-state index contributed by atoms with van der Waals surface area (Å²) in [5.74, 6) is 1.53. The summed E-state index contributed by atoms with van der Waals surface area (Å²) < 4.78 is 0. The molecule has 1 heteroatoms. The molecule has 112 valence electrons. The van der Waals surface area contributed by atoms with Crippen molar-refractivity contribution in [3.8, 4) is 0 Å². The highest BCUT2D eigenvalue weighted by Crippen LogP contribution is 2.42. The van der Waals surface area contributed by atoms with Gasteiger partial charge in [-0.2, -0.15) is 0 Å². The Morgan fingerprint density at radius 2 is 1.60 bits per heavy atom. The number of benzene rings is 1. The van der Waals surface area contributed by atoms with E-state index in [1.54, 1.807) is 0 Å². The fourth-order valence-electron chi connectivity index (χ4n) is 3.59. The van der Waals surface area contributed by atoms with Crippen LogP contribution in [0, 0.1) is 31.1 Å². The van der Waals surface area contributed by atoms with Gasteiger partial charge in [-0.1, -0.05) is 39.0 Å². The van der Waals surface area contributed by atoms with Crippen LogP contribution in [0.3, 0.4) is 0 Å². The summed E-state index contributed by atoms with van der Waals surface area (Å²) in [6, 6.07) is 6.94. The quantitative estimate of drug-likeness (QED) is 0.791. The molecule has 1 aromatic rings. The Kier molecular flexibility index (Phi) is 4.59. The first-order valence-electron chi connectivity index (χ1n) is 8.12. The fraction of sp³-hybridized carbons (Fsp3) is 0.684. The van der Waals surface area contributed by atoms with E-state index in [9.17, 15) is 0 Å². The molecule has 0 aromatic heterocycles. The summed E-state index contributed by atoms with van der Waals surface area (Å²) in [5, 5.41) is 0. The first-order chi connectivity index (χ1) is 9.29. The minimum absolute atomic E-state index is 0.218. The van der Waals surface area contributed by atoms with E-state index in [4.69, 9.17) is 5.73 Å². The molecule has 0 bridgehead atoms. The first kappa shape index (κ1) is 15.6. The van der Waals surface area contributed by atoms with Crippen molar-refractivity contribution in [3.05, 3.63) is 34.9 Å². The minimum atomic E-state index is 0.218. The van der Waals surface area contributed by atoms with E-state index in [1.165, 1.54) is 42.4 Å². The number of nitrogens with two attached hydrogens (primary N) is 1. The van der Waals surface area contributed by atoms with Crippen LogP contribution < -0.4 is 5.73 Å². The standard InChI is InChI=1S/C19H31N/c1-13-6-7-16(12-14(13)2)18(20)15-8-10-17(11-9-15)19(3,4)5/h6-7,12,15,17-18H,8-11,20H2,1-5H3. The van der Waals surface area contributed by atoms with Crippen LogP contribution in [0.15, 0.2) is 18.2 Å². The second kappa shape index (κ2) is 5.89. The van der Waals surface area contributed by atoms with Gasteiger partial charge in [0.05, 0.1) is 0 Å². The number of hydrogen-bond acceptors (Lipinski definition) is 1. The third-order valence-electron chi connectivity index (χ3n) is 5.42. The average molecular weight is 273 g/mol. The normalized spacial score (nSPS) is 25.5. The Balaban J connectivity index is 2.01. The van der Waals surface area contributed by atoms with E-state index >= 15 is 0 Å². The Morgan fingerprint density at radius 3 is 2.10 bits per heavy atom. The molecule has 0 aliphatic heterocycles. The molecule has 1 atom stereocenters. The molecule has 1 aromatic carbocycles. The van der Waals surface area contributed by atoms with Gasteiger partial charge in [0.15, 0.2) is 0 Å². The lowest BCUT2D eigenvalue weighted by atomic mass is 9.68. The summed E-state index contributed by atoms with van der Waals surface area (Å²) in [7, 11) is 0. The third-order valence-corrected chi connectivity index (χ3v) is 5.42. The van der Waals surface area contributed by atoms with Gasteiger partial charge >= 0.3 is 0 Å². The van der Waals surface area contributed by atoms with Crippen LogP contribution >= 0.6 is 0 Å². The molecule has 0 amide bonds. The molecule has 0 saturated heterocycles. The molecule has 0 spiro atoms. The Morgan fingerprint density at radius 1 is 1.00 bits per heavy atom. The molecule has 0 heterocycles. The minimum Gasteiger partial charge on any atom is -0.324 e. The van der Waals surface area contributed by atoms with Crippen molar-refractivity contribution in [1.29, 1.82) is 0 Å². The molecule has 1 unspecified atom stereocenters. The molecule has 0 radical (unpaired) electrons. The maximum atomic E-state index is 6.54. The number of aryl methyl sites for hydroxylation is 2. The van der Waals surface area contributed by atoms with Crippen molar-refractivity contribution < 1.29 is 0 Å². The van der Waals surface area contributed by atoms with Gasteiger partial charge in [-0.25, -0.2) is 0 Å². The van der Waals surface area contributed by atoms with Crippen LogP contribution in [0.5, 0.6) is 0 Å². The molecule has 1 aliphatic rings. The number of rotatable bonds is 2. The molecule has 2 N–H and O–H groups in total. The highest BCUT2D eigenvalue weighted by molar-refractivity contribution is 5.31. The maximum Gasteiger partial charge on any atom is 0.0323 e. The summed E-state index contributed by atoms with van der Waals surface area (Å²) in [6.07, 6.45) is 5.26. The van der Waals surface area contributed by atoms with Crippen LogP contribution in [0.1, 0.15) is 69.2 Å². The highest BCUT2D eigenvalue weighted by Gasteiger charge is 2.32. The Labute approximate surface area is 125 Å². The number of hydrogen-bond donors (Lipinski definition) is 1. The van der Waals surface area contributed by atoms with Gasteiger partial charge in [-0.15, -0.1) is 0 Å². The molecule has 1 fully saturated rings. The summed E-state index contributed by atoms with van der Waals surface area (Å²) >= 11 is 0. The lowest BCUT2D eigenvalue weighted by Gasteiger charge is -2.38. The zero-order valence-electron chi connectivity index (χ0n) is 13.9. The first-order valence-corrected chi connectivity index (χ1v) is 8.12. The third kappa shape index (κ3) is 3.44. The van der Waals surface area contributed by atoms with E-state index < -0.39 is 0 Å². The predicted molar refractivity (Wildman–Crippen MR) is 87.7 cm³/mol. The molecule has 2 rings (SSSR count). The lowest BCUT2D eigenvalue weighted by Crippen LogP contribution is -2.30. The molecule has 1 aliphatic carbocycles. The molecule has 1 nitrogen and oxygen atoms in total. The predicted octanol–water partition coefficient (Wildman–Crippen LogP) is 5.16. The van der Waals surface area contributed by atoms with Gasteiger partial charge in [0, 0.05) is 6.04 Å². The van der Waals surface area contributed by atoms with Gasteiger partial charge in [-0.05, 0) is 73.5 Å². The van der Waals surface area contributed by atoms with Crippen molar-refractivity contribution in [3.63, 3.8) is 0 Å². The van der Waals surface area contributed by atoms with Crippen molar-refractivity contribution in [2.24, 2.45) is 23.0 Å². The lowest BCUT2D eigenvalue weighted by molar-refractivity contribution is 0.139. The monoisotopic (exact) mass is 273 g/mol. The zero-order chi connectivity index (χ0) is 14.9. The Hall–Kier alpha value is -0.820. The van der Waals surface area contributed by atoms with Gasteiger partial charge < -0.3 is 5.73 Å². The zero-order valence-corrected chi connectivity index (χ0v) is 13.9.